The van der Waals surface area contributed by atoms with Crippen LogP contribution in [0.15, 0.2) is 60.9 Å². The Labute approximate surface area is 152 Å². The summed E-state index contributed by atoms with van der Waals surface area (Å²) in [4.78, 5) is 25.1. The molecular weight excluding hydrogens is 326 g/mol. The minimum absolute atomic E-state index is 0.231. The Balaban J connectivity index is 1.58. The second-order valence-electron chi connectivity index (χ2n) is 5.92. The molecule has 6 nitrogen and oxygen atoms in total. The van der Waals surface area contributed by atoms with Crippen LogP contribution in [-0.2, 0) is 13.0 Å². The number of nitrogens with zero attached hydrogens (tertiary/aromatic N) is 3. The molecule has 2 N–H and O–H groups in total. The van der Waals surface area contributed by atoms with E-state index in [1.165, 1.54) is 5.56 Å². The number of amides is 1. The molecule has 0 aliphatic rings. The van der Waals surface area contributed by atoms with Crippen molar-refractivity contribution in [2.45, 2.75) is 19.9 Å². The van der Waals surface area contributed by atoms with E-state index in [9.17, 15) is 4.79 Å². The number of aryl methyl sites for hydroxylation is 1. The Morgan fingerprint density at radius 1 is 1.04 bits per heavy atom. The van der Waals surface area contributed by atoms with Crippen LogP contribution < -0.4 is 10.6 Å². The van der Waals surface area contributed by atoms with Crippen molar-refractivity contribution in [2.75, 3.05) is 11.9 Å². The summed E-state index contributed by atoms with van der Waals surface area (Å²) in [6.07, 6.45) is 4.29. The van der Waals surface area contributed by atoms with Crippen molar-refractivity contribution in [3.63, 3.8) is 0 Å². The average Bonchev–Trinajstić information content (AvgIpc) is 2.67. The second kappa shape index (κ2) is 8.71. The molecule has 0 bridgehead atoms. The van der Waals surface area contributed by atoms with Crippen molar-refractivity contribution in [1.82, 2.24) is 20.3 Å². The summed E-state index contributed by atoms with van der Waals surface area (Å²) in [5.41, 5.74) is 3.27. The lowest BCUT2D eigenvalue weighted by atomic mass is 10.1. The lowest BCUT2D eigenvalue weighted by Crippen LogP contribution is -2.24. The maximum Gasteiger partial charge on any atom is 0.270 e. The van der Waals surface area contributed by atoms with Gasteiger partial charge in [-0.3, -0.25) is 9.78 Å². The van der Waals surface area contributed by atoms with E-state index >= 15 is 0 Å². The topological polar surface area (TPSA) is 79.8 Å². The fourth-order valence-corrected chi connectivity index (χ4v) is 2.50. The molecule has 0 radical (unpaired) electrons. The van der Waals surface area contributed by atoms with Crippen LogP contribution in [0.3, 0.4) is 0 Å². The number of benzene rings is 1. The van der Waals surface area contributed by atoms with Crippen molar-refractivity contribution in [3.8, 4) is 0 Å². The zero-order valence-corrected chi connectivity index (χ0v) is 14.6. The lowest BCUT2D eigenvalue weighted by molar-refractivity contribution is 0.0945. The molecule has 0 saturated carbocycles. The van der Waals surface area contributed by atoms with Crippen LogP contribution >= 0.6 is 0 Å². The first-order valence-corrected chi connectivity index (χ1v) is 8.51. The van der Waals surface area contributed by atoms with E-state index in [-0.39, 0.29) is 5.91 Å². The van der Waals surface area contributed by atoms with Gasteiger partial charge in [-0.25, -0.2) is 9.97 Å². The first-order chi connectivity index (χ1) is 12.7. The molecule has 6 heteroatoms. The van der Waals surface area contributed by atoms with E-state index in [1.54, 1.807) is 18.5 Å². The van der Waals surface area contributed by atoms with Crippen LogP contribution in [0.4, 0.5) is 5.95 Å². The number of aromatic nitrogens is 3. The van der Waals surface area contributed by atoms with Gasteiger partial charge in [-0.2, -0.15) is 0 Å². The zero-order valence-electron chi connectivity index (χ0n) is 14.6. The number of anilines is 1. The smallest absolute Gasteiger partial charge is 0.270 e. The normalized spacial score (nSPS) is 10.3. The minimum Gasteiger partial charge on any atom is -0.354 e. The van der Waals surface area contributed by atoms with E-state index in [2.05, 4.69) is 37.7 Å². The van der Waals surface area contributed by atoms with Gasteiger partial charge in [-0.15, -0.1) is 0 Å². The minimum atomic E-state index is -0.231. The molecule has 0 saturated heterocycles. The largest absolute Gasteiger partial charge is 0.354 e. The summed E-state index contributed by atoms with van der Waals surface area (Å²) >= 11 is 0. The van der Waals surface area contributed by atoms with E-state index in [0.717, 1.165) is 17.7 Å². The highest BCUT2D eigenvalue weighted by atomic mass is 16.1. The molecule has 3 rings (SSSR count). The molecule has 1 aromatic carbocycles. The van der Waals surface area contributed by atoms with Gasteiger partial charge < -0.3 is 10.6 Å². The molecule has 1 amide bonds. The number of carbonyl (C=O) groups excluding carboxylic acids is 1. The quantitative estimate of drug-likeness (QED) is 0.687. The van der Waals surface area contributed by atoms with Gasteiger partial charge in [-0.1, -0.05) is 36.4 Å². The predicted octanol–water partition coefficient (Wildman–Crippen LogP) is 2.76. The van der Waals surface area contributed by atoms with Crippen molar-refractivity contribution < 1.29 is 4.79 Å². The maximum atomic E-state index is 12.4. The van der Waals surface area contributed by atoms with Crippen molar-refractivity contribution in [3.05, 3.63) is 83.4 Å². The highest BCUT2D eigenvalue weighted by molar-refractivity contribution is 5.92. The molecule has 3 aromatic rings. The number of rotatable bonds is 7. The highest BCUT2D eigenvalue weighted by Gasteiger charge is 2.10. The summed E-state index contributed by atoms with van der Waals surface area (Å²) in [7, 11) is 0. The third-order valence-electron chi connectivity index (χ3n) is 3.80. The monoisotopic (exact) mass is 347 g/mol. The number of pyridine rings is 1. The predicted molar refractivity (Wildman–Crippen MR) is 101 cm³/mol. The Bertz CT molecular complexity index is 853. The molecular formula is C20H21N5O. The Morgan fingerprint density at radius 2 is 1.85 bits per heavy atom. The van der Waals surface area contributed by atoms with Crippen molar-refractivity contribution >= 4 is 11.9 Å². The Morgan fingerprint density at radius 3 is 2.62 bits per heavy atom. The van der Waals surface area contributed by atoms with Gasteiger partial charge in [0.05, 0.1) is 0 Å². The number of hydrogen-bond acceptors (Lipinski definition) is 5. The summed E-state index contributed by atoms with van der Waals surface area (Å²) in [5.74, 6) is 0.234. The van der Waals surface area contributed by atoms with Crippen molar-refractivity contribution in [2.24, 2.45) is 0 Å². The van der Waals surface area contributed by atoms with Gasteiger partial charge in [0, 0.05) is 31.2 Å². The summed E-state index contributed by atoms with van der Waals surface area (Å²) in [5, 5.41) is 6.05. The van der Waals surface area contributed by atoms with Gasteiger partial charge in [0.1, 0.15) is 5.69 Å². The van der Waals surface area contributed by atoms with Crippen LogP contribution in [0.2, 0.25) is 0 Å². The third-order valence-corrected chi connectivity index (χ3v) is 3.80. The molecule has 0 aliphatic heterocycles. The molecule has 0 fully saturated rings. The molecule has 0 spiro atoms. The van der Waals surface area contributed by atoms with E-state index in [1.807, 2.05) is 37.3 Å². The molecule has 132 valence electrons. The molecule has 0 atom stereocenters. The molecule has 2 heterocycles. The van der Waals surface area contributed by atoms with E-state index in [0.29, 0.717) is 24.7 Å². The fourth-order valence-electron chi connectivity index (χ4n) is 2.50. The highest BCUT2D eigenvalue weighted by Crippen LogP contribution is 2.07. The molecule has 0 aliphatic carbocycles. The van der Waals surface area contributed by atoms with Gasteiger partial charge in [0.2, 0.25) is 5.95 Å². The van der Waals surface area contributed by atoms with Crippen LogP contribution in [0.1, 0.15) is 27.3 Å². The van der Waals surface area contributed by atoms with Crippen LogP contribution in [-0.4, -0.2) is 27.4 Å². The average molecular weight is 347 g/mol. The van der Waals surface area contributed by atoms with Crippen molar-refractivity contribution in [1.29, 1.82) is 0 Å². The first kappa shape index (κ1) is 17.5. The Hall–Kier alpha value is -3.28. The standard InChI is InChI=1S/C20H21N5O/c1-15-12-18(19(26)23-14-17-8-5-10-21-13-17)25-20(24-15)22-11-9-16-6-3-2-4-7-16/h2-8,10,12-13H,9,11,14H2,1H3,(H,23,26)(H,22,24,25). The lowest BCUT2D eigenvalue weighted by Gasteiger charge is -2.09. The van der Waals surface area contributed by atoms with Crippen LogP contribution in [0.25, 0.3) is 0 Å². The summed E-state index contributed by atoms with van der Waals surface area (Å²) < 4.78 is 0. The fraction of sp³-hybridized carbons (Fsp3) is 0.200. The molecule has 2 aromatic heterocycles. The SMILES string of the molecule is Cc1cc(C(=O)NCc2cccnc2)nc(NCCc2ccccc2)n1. The van der Waals surface area contributed by atoms with Gasteiger partial charge in [0.15, 0.2) is 0 Å². The number of carbonyl (C=O) groups is 1. The van der Waals surface area contributed by atoms with E-state index < -0.39 is 0 Å². The Kier molecular flexibility index (Phi) is 5.88. The van der Waals surface area contributed by atoms with Gasteiger partial charge in [0.25, 0.3) is 5.91 Å². The van der Waals surface area contributed by atoms with Gasteiger partial charge >= 0.3 is 0 Å². The van der Waals surface area contributed by atoms with E-state index in [4.69, 9.17) is 0 Å². The molecule has 26 heavy (non-hydrogen) atoms. The summed E-state index contributed by atoms with van der Waals surface area (Å²) in [6.45, 7) is 2.96. The molecule has 0 unspecified atom stereocenters. The number of nitrogens with one attached hydrogen (secondary N) is 2. The summed E-state index contributed by atoms with van der Waals surface area (Å²) in [6, 6.07) is 15.6. The first-order valence-electron chi connectivity index (χ1n) is 8.51. The number of hydrogen-bond donors (Lipinski definition) is 2. The second-order valence-corrected chi connectivity index (χ2v) is 5.92. The van der Waals surface area contributed by atoms with Gasteiger partial charge in [-0.05, 0) is 36.6 Å². The third kappa shape index (κ3) is 5.11. The zero-order chi connectivity index (χ0) is 18.2. The van der Waals surface area contributed by atoms with Crippen LogP contribution in [0, 0.1) is 6.92 Å². The maximum absolute atomic E-state index is 12.4. The van der Waals surface area contributed by atoms with Crippen LogP contribution in [0.5, 0.6) is 0 Å².